The number of imidazole rings is 1. The summed E-state index contributed by atoms with van der Waals surface area (Å²) in [7, 11) is 1.75. The highest BCUT2D eigenvalue weighted by Crippen LogP contribution is 2.32. The molecule has 3 aromatic rings. The lowest BCUT2D eigenvalue weighted by molar-refractivity contribution is 0.297. The summed E-state index contributed by atoms with van der Waals surface area (Å²) in [5.74, 6) is 2.25. The Labute approximate surface area is 181 Å². The predicted molar refractivity (Wildman–Crippen MR) is 121 cm³/mol. The Kier molecular flexibility index (Phi) is 6.96. The van der Waals surface area contributed by atoms with Gasteiger partial charge in [0.2, 0.25) is 0 Å². The van der Waals surface area contributed by atoms with Gasteiger partial charge in [0.1, 0.15) is 5.65 Å². The van der Waals surface area contributed by atoms with Gasteiger partial charge in [-0.05, 0) is 24.3 Å². The maximum Gasteiger partial charge on any atom is 0.195 e. The van der Waals surface area contributed by atoms with Crippen LogP contribution in [0.5, 0.6) is 11.5 Å². The first-order valence-electron chi connectivity index (χ1n) is 9.12. The van der Waals surface area contributed by atoms with Crippen molar-refractivity contribution in [2.75, 3.05) is 32.1 Å². The van der Waals surface area contributed by atoms with Crippen LogP contribution >= 0.6 is 24.0 Å². The third-order valence-electron chi connectivity index (χ3n) is 4.32. The van der Waals surface area contributed by atoms with Gasteiger partial charge in [0, 0.05) is 50.6 Å². The molecule has 0 radical (unpaired) electrons. The third-order valence-corrected chi connectivity index (χ3v) is 4.32. The molecule has 0 aliphatic carbocycles. The highest BCUT2D eigenvalue weighted by Gasteiger charge is 2.11. The number of rotatable bonds is 4. The molecule has 148 valence electrons. The zero-order valence-corrected chi connectivity index (χ0v) is 18.1. The van der Waals surface area contributed by atoms with Crippen LogP contribution < -0.4 is 20.1 Å². The van der Waals surface area contributed by atoms with E-state index in [0.717, 1.165) is 47.9 Å². The maximum atomic E-state index is 5.74. The molecule has 2 aromatic heterocycles. The Morgan fingerprint density at radius 3 is 2.86 bits per heavy atom. The number of nitrogens with zero attached hydrogens (tertiary/aromatic N) is 3. The Bertz CT molecular complexity index is 924. The van der Waals surface area contributed by atoms with E-state index < -0.39 is 0 Å². The van der Waals surface area contributed by atoms with Crippen molar-refractivity contribution in [3.05, 3.63) is 54.5 Å². The number of nitrogens with one attached hydrogen (secondary N) is 2. The molecule has 0 fully saturated rings. The van der Waals surface area contributed by atoms with Crippen LogP contribution in [0.4, 0.5) is 5.69 Å². The lowest BCUT2D eigenvalue weighted by Gasteiger charge is -2.13. The number of hydrogen-bond acceptors (Lipinski definition) is 4. The molecule has 1 aliphatic rings. The van der Waals surface area contributed by atoms with E-state index >= 15 is 0 Å². The molecule has 28 heavy (non-hydrogen) atoms. The highest BCUT2D eigenvalue weighted by atomic mass is 127. The summed E-state index contributed by atoms with van der Waals surface area (Å²) in [5, 5.41) is 6.61. The number of ether oxygens (including phenoxy) is 2. The molecule has 0 spiro atoms. The molecule has 3 heterocycles. The largest absolute Gasteiger partial charge is 0.490 e. The monoisotopic (exact) mass is 493 g/mol. The minimum absolute atomic E-state index is 0. The SMILES string of the molecule is CN=C(NCCc1cn2ccccc2n1)Nc1ccc2c(c1)OCCCO2.I. The predicted octanol–water partition coefficient (Wildman–Crippen LogP) is 3.34. The number of aromatic nitrogens is 2. The van der Waals surface area contributed by atoms with E-state index in [0.29, 0.717) is 19.2 Å². The van der Waals surface area contributed by atoms with Crippen LogP contribution in [0.15, 0.2) is 53.8 Å². The number of hydrogen-bond donors (Lipinski definition) is 2. The van der Waals surface area contributed by atoms with Crippen LogP contribution in [-0.4, -0.2) is 42.2 Å². The van der Waals surface area contributed by atoms with E-state index in [9.17, 15) is 0 Å². The summed E-state index contributed by atoms with van der Waals surface area (Å²) in [5.41, 5.74) is 2.90. The number of anilines is 1. The Morgan fingerprint density at radius 1 is 1.18 bits per heavy atom. The smallest absolute Gasteiger partial charge is 0.195 e. The van der Waals surface area contributed by atoms with Crippen LogP contribution in [0.2, 0.25) is 0 Å². The van der Waals surface area contributed by atoms with Gasteiger partial charge in [-0.15, -0.1) is 24.0 Å². The lowest BCUT2D eigenvalue weighted by Crippen LogP contribution is -2.32. The molecule has 0 unspecified atom stereocenters. The van der Waals surface area contributed by atoms with E-state index in [-0.39, 0.29) is 24.0 Å². The fourth-order valence-corrected chi connectivity index (χ4v) is 2.97. The second-order valence-electron chi connectivity index (χ2n) is 6.28. The molecule has 0 bridgehead atoms. The number of aliphatic imine (C=N–C) groups is 1. The van der Waals surface area contributed by atoms with Gasteiger partial charge in [-0.3, -0.25) is 4.99 Å². The highest BCUT2D eigenvalue weighted by molar-refractivity contribution is 14.0. The first-order chi connectivity index (χ1) is 13.3. The molecular formula is C20H24IN5O2. The van der Waals surface area contributed by atoms with E-state index in [1.165, 1.54) is 0 Å². The minimum atomic E-state index is 0. The molecule has 4 rings (SSSR count). The first-order valence-corrected chi connectivity index (χ1v) is 9.12. The Hall–Kier alpha value is -2.49. The molecule has 0 atom stereocenters. The number of guanidine groups is 1. The van der Waals surface area contributed by atoms with E-state index in [1.807, 2.05) is 47.0 Å². The average molecular weight is 493 g/mol. The van der Waals surface area contributed by atoms with E-state index in [4.69, 9.17) is 9.47 Å². The van der Waals surface area contributed by atoms with Crippen LogP contribution in [0.25, 0.3) is 5.65 Å². The second kappa shape index (κ2) is 9.63. The van der Waals surface area contributed by atoms with Gasteiger partial charge in [-0.1, -0.05) is 6.07 Å². The average Bonchev–Trinajstić information content (AvgIpc) is 2.96. The normalized spacial score (nSPS) is 13.5. The number of benzene rings is 1. The number of fused-ring (bicyclic) bond motifs is 2. The van der Waals surface area contributed by atoms with Gasteiger partial charge in [0.05, 0.1) is 18.9 Å². The summed E-state index contributed by atoms with van der Waals surface area (Å²) in [6.07, 6.45) is 5.76. The van der Waals surface area contributed by atoms with Crippen LogP contribution in [0.1, 0.15) is 12.1 Å². The van der Waals surface area contributed by atoms with Gasteiger partial charge in [0.15, 0.2) is 17.5 Å². The molecule has 2 N–H and O–H groups in total. The zero-order chi connectivity index (χ0) is 18.5. The van der Waals surface area contributed by atoms with Gasteiger partial charge in [-0.25, -0.2) is 4.98 Å². The lowest BCUT2D eigenvalue weighted by atomic mass is 10.2. The summed E-state index contributed by atoms with van der Waals surface area (Å²) in [6.45, 7) is 2.09. The third kappa shape index (κ3) is 4.86. The van der Waals surface area contributed by atoms with Crippen molar-refractivity contribution >= 4 is 41.3 Å². The van der Waals surface area contributed by atoms with Crippen molar-refractivity contribution in [3.8, 4) is 11.5 Å². The summed E-state index contributed by atoms with van der Waals surface area (Å²) in [6, 6.07) is 11.8. The number of halogens is 1. The van der Waals surface area contributed by atoms with Crippen molar-refractivity contribution in [2.45, 2.75) is 12.8 Å². The van der Waals surface area contributed by atoms with Crippen molar-refractivity contribution in [2.24, 2.45) is 4.99 Å². The summed E-state index contributed by atoms with van der Waals surface area (Å²) >= 11 is 0. The van der Waals surface area contributed by atoms with Crippen LogP contribution in [0.3, 0.4) is 0 Å². The zero-order valence-electron chi connectivity index (χ0n) is 15.7. The summed E-state index contributed by atoms with van der Waals surface area (Å²) in [4.78, 5) is 8.89. The standard InChI is InChI=1S/C20H23N5O2.HI/c1-21-20(22-9-8-16-14-25-10-3-2-5-19(25)23-16)24-15-6-7-17-18(13-15)27-12-4-11-26-17;/h2-3,5-7,10,13-14H,4,8-9,11-12H2,1H3,(H2,21,22,24);1H. The Morgan fingerprint density at radius 2 is 2.04 bits per heavy atom. The van der Waals surface area contributed by atoms with E-state index in [2.05, 4.69) is 26.8 Å². The van der Waals surface area contributed by atoms with Crippen molar-refractivity contribution in [3.63, 3.8) is 0 Å². The quantitative estimate of drug-likeness (QED) is 0.332. The van der Waals surface area contributed by atoms with Crippen molar-refractivity contribution in [1.82, 2.24) is 14.7 Å². The Balaban J connectivity index is 0.00000225. The van der Waals surface area contributed by atoms with Gasteiger partial charge in [-0.2, -0.15) is 0 Å². The van der Waals surface area contributed by atoms with Gasteiger partial charge in [0.25, 0.3) is 0 Å². The minimum Gasteiger partial charge on any atom is -0.490 e. The topological polar surface area (TPSA) is 72.2 Å². The molecule has 8 heteroatoms. The molecule has 7 nitrogen and oxygen atoms in total. The maximum absolute atomic E-state index is 5.74. The molecular weight excluding hydrogens is 469 g/mol. The van der Waals surface area contributed by atoms with Crippen molar-refractivity contribution in [1.29, 1.82) is 0 Å². The van der Waals surface area contributed by atoms with Crippen LogP contribution in [-0.2, 0) is 6.42 Å². The summed E-state index contributed by atoms with van der Waals surface area (Å²) < 4.78 is 13.4. The van der Waals surface area contributed by atoms with Gasteiger partial charge < -0.3 is 24.5 Å². The first kappa shape index (κ1) is 20.2. The molecule has 0 amide bonds. The second-order valence-corrected chi connectivity index (χ2v) is 6.28. The van der Waals surface area contributed by atoms with Crippen LogP contribution in [0, 0.1) is 0 Å². The molecule has 0 saturated carbocycles. The van der Waals surface area contributed by atoms with Gasteiger partial charge >= 0.3 is 0 Å². The molecule has 1 aliphatic heterocycles. The van der Waals surface area contributed by atoms with E-state index in [1.54, 1.807) is 7.05 Å². The molecule has 0 saturated heterocycles. The fraction of sp³-hybridized carbons (Fsp3) is 0.300. The fourth-order valence-electron chi connectivity index (χ4n) is 2.97. The number of pyridine rings is 1. The molecule has 1 aromatic carbocycles. The van der Waals surface area contributed by atoms with Crippen molar-refractivity contribution < 1.29 is 9.47 Å².